The molecule has 2 nitrogen and oxygen atoms in total. The lowest BCUT2D eigenvalue weighted by molar-refractivity contribution is 0.394. The summed E-state index contributed by atoms with van der Waals surface area (Å²) in [5.74, 6) is 1.82. The summed E-state index contributed by atoms with van der Waals surface area (Å²) >= 11 is 7.60. The number of hydrogen-bond donors (Lipinski definition) is 0. The summed E-state index contributed by atoms with van der Waals surface area (Å²) in [6.07, 6.45) is 0. The van der Waals surface area contributed by atoms with Crippen molar-refractivity contribution in [3.63, 3.8) is 0 Å². The smallest absolute Gasteiger partial charge is 0.137 e. The van der Waals surface area contributed by atoms with Crippen molar-refractivity contribution in [1.29, 1.82) is 0 Å². The maximum Gasteiger partial charge on any atom is 0.137 e. The van der Waals surface area contributed by atoms with Gasteiger partial charge in [0.15, 0.2) is 0 Å². The Morgan fingerprint density at radius 1 is 0.643 bits per heavy atom. The standard InChI is InChI=1S/C24H32Br2O2/c1-13-15(11-17(23(3,4)5)21(27-9)19(13)25)16-12-18(24(6,7)8)22(28-10)20(26)14(16)2/h11-12H,1-10H3. The number of halogens is 2. The molecule has 0 amide bonds. The van der Waals surface area contributed by atoms with E-state index in [0.29, 0.717) is 0 Å². The zero-order chi connectivity index (χ0) is 21.6. The second-order valence-corrected chi connectivity index (χ2v) is 11.0. The Kier molecular flexibility index (Phi) is 6.67. The van der Waals surface area contributed by atoms with Crippen LogP contribution in [-0.2, 0) is 10.8 Å². The Labute approximate surface area is 187 Å². The van der Waals surface area contributed by atoms with Crippen LogP contribution in [0.5, 0.6) is 11.5 Å². The van der Waals surface area contributed by atoms with Crippen molar-refractivity contribution in [2.45, 2.75) is 66.2 Å². The second kappa shape index (κ2) is 8.02. The molecule has 4 heteroatoms. The minimum atomic E-state index is -0.0409. The summed E-state index contributed by atoms with van der Waals surface area (Å²) in [5.41, 5.74) is 7.06. The molecule has 0 atom stereocenters. The van der Waals surface area contributed by atoms with Gasteiger partial charge >= 0.3 is 0 Å². The Bertz CT molecular complexity index is 825. The number of methoxy groups -OCH3 is 2. The van der Waals surface area contributed by atoms with E-state index in [0.717, 1.165) is 20.4 Å². The van der Waals surface area contributed by atoms with Gasteiger partial charge in [0.05, 0.1) is 23.2 Å². The summed E-state index contributed by atoms with van der Waals surface area (Å²) in [7, 11) is 3.47. The Morgan fingerprint density at radius 3 is 1.14 bits per heavy atom. The first-order chi connectivity index (χ1) is 12.8. The van der Waals surface area contributed by atoms with Crippen molar-refractivity contribution in [2.75, 3.05) is 14.2 Å². The number of hydrogen-bond acceptors (Lipinski definition) is 2. The van der Waals surface area contributed by atoms with Crippen LogP contribution in [-0.4, -0.2) is 14.2 Å². The van der Waals surface area contributed by atoms with Crippen molar-refractivity contribution in [3.05, 3.63) is 43.3 Å². The third-order valence-corrected chi connectivity index (χ3v) is 7.16. The van der Waals surface area contributed by atoms with Gasteiger partial charge < -0.3 is 9.47 Å². The van der Waals surface area contributed by atoms with Crippen molar-refractivity contribution in [2.24, 2.45) is 0 Å². The first-order valence-corrected chi connectivity index (χ1v) is 11.1. The molecule has 0 bridgehead atoms. The first kappa shape index (κ1) is 23.3. The minimum Gasteiger partial charge on any atom is -0.495 e. The molecule has 0 aliphatic heterocycles. The summed E-state index contributed by atoms with van der Waals surface area (Å²) in [5, 5.41) is 0. The van der Waals surface area contributed by atoms with Crippen LogP contribution in [0.3, 0.4) is 0 Å². The Hall–Kier alpha value is -1.00. The number of rotatable bonds is 3. The zero-order valence-corrected chi connectivity index (χ0v) is 21.9. The van der Waals surface area contributed by atoms with Gasteiger partial charge in [-0.2, -0.15) is 0 Å². The van der Waals surface area contributed by atoms with Gasteiger partial charge in [0, 0.05) is 11.1 Å². The van der Waals surface area contributed by atoms with E-state index in [1.54, 1.807) is 14.2 Å². The highest BCUT2D eigenvalue weighted by Gasteiger charge is 2.28. The van der Waals surface area contributed by atoms with Gasteiger partial charge in [-0.05, 0) is 90.9 Å². The molecule has 2 aromatic rings. The van der Waals surface area contributed by atoms with Crippen molar-refractivity contribution >= 4 is 31.9 Å². The highest BCUT2D eigenvalue weighted by Crippen LogP contribution is 2.48. The van der Waals surface area contributed by atoms with Crippen molar-refractivity contribution < 1.29 is 9.47 Å². The van der Waals surface area contributed by atoms with E-state index in [2.05, 4.69) is 99.4 Å². The summed E-state index contributed by atoms with van der Waals surface area (Å²) in [6, 6.07) is 4.57. The van der Waals surface area contributed by atoms with E-state index in [-0.39, 0.29) is 10.8 Å². The van der Waals surface area contributed by atoms with Gasteiger partial charge in [-0.25, -0.2) is 0 Å². The third-order valence-electron chi connectivity index (χ3n) is 5.25. The average Bonchev–Trinajstić information content (AvgIpc) is 2.57. The van der Waals surface area contributed by atoms with Gasteiger partial charge in [0.2, 0.25) is 0 Å². The van der Waals surface area contributed by atoms with E-state index in [4.69, 9.17) is 9.47 Å². The molecule has 0 aliphatic rings. The fourth-order valence-corrected chi connectivity index (χ4v) is 4.70. The van der Waals surface area contributed by atoms with Gasteiger partial charge in [-0.3, -0.25) is 0 Å². The fraction of sp³-hybridized carbons (Fsp3) is 0.500. The van der Waals surface area contributed by atoms with Crippen molar-refractivity contribution in [3.8, 4) is 22.6 Å². The summed E-state index contributed by atoms with van der Waals surface area (Å²) < 4.78 is 13.6. The van der Waals surface area contributed by atoms with E-state index in [1.165, 1.54) is 33.4 Å². The highest BCUT2D eigenvalue weighted by atomic mass is 79.9. The molecule has 154 valence electrons. The molecule has 0 aliphatic carbocycles. The molecule has 2 rings (SSSR count). The van der Waals surface area contributed by atoms with Gasteiger partial charge in [-0.15, -0.1) is 0 Å². The van der Waals surface area contributed by atoms with E-state index >= 15 is 0 Å². The van der Waals surface area contributed by atoms with Crippen LogP contribution >= 0.6 is 31.9 Å². The number of benzene rings is 2. The first-order valence-electron chi connectivity index (χ1n) is 9.51. The lowest BCUT2D eigenvalue weighted by Gasteiger charge is -2.28. The molecular formula is C24H32Br2O2. The van der Waals surface area contributed by atoms with Crippen LogP contribution in [0.4, 0.5) is 0 Å². The second-order valence-electron chi connectivity index (χ2n) is 9.39. The Morgan fingerprint density at radius 2 is 0.929 bits per heavy atom. The van der Waals surface area contributed by atoms with E-state index in [1.807, 2.05) is 0 Å². The molecule has 0 N–H and O–H groups in total. The predicted molar refractivity (Wildman–Crippen MR) is 127 cm³/mol. The minimum absolute atomic E-state index is 0.0409. The highest BCUT2D eigenvalue weighted by molar-refractivity contribution is 9.11. The molecule has 0 unspecified atom stereocenters. The molecule has 0 heterocycles. The Balaban J connectivity index is 2.97. The maximum atomic E-state index is 5.77. The molecule has 0 aromatic heterocycles. The molecule has 2 aromatic carbocycles. The molecule has 0 fully saturated rings. The van der Waals surface area contributed by atoms with E-state index < -0.39 is 0 Å². The zero-order valence-electron chi connectivity index (χ0n) is 18.7. The molecular weight excluding hydrogens is 480 g/mol. The van der Waals surface area contributed by atoms with E-state index in [9.17, 15) is 0 Å². The van der Waals surface area contributed by atoms with Crippen LogP contribution in [0.25, 0.3) is 11.1 Å². The molecule has 0 saturated heterocycles. The van der Waals surface area contributed by atoms with Gasteiger partial charge in [0.1, 0.15) is 11.5 Å². The van der Waals surface area contributed by atoms with Crippen LogP contribution in [0.2, 0.25) is 0 Å². The fourth-order valence-electron chi connectivity index (χ4n) is 3.52. The average molecular weight is 512 g/mol. The normalized spacial score (nSPS) is 12.3. The summed E-state index contributed by atoms with van der Waals surface area (Å²) in [4.78, 5) is 0. The molecule has 28 heavy (non-hydrogen) atoms. The maximum absolute atomic E-state index is 5.77. The van der Waals surface area contributed by atoms with Crippen LogP contribution in [0.1, 0.15) is 63.8 Å². The van der Waals surface area contributed by atoms with Crippen LogP contribution in [0, 0.1) is 13.8 Å². The molecule has 0 spiro atoms. The monoisotopic (exact) mass is 510 g/mol. The largest absolute Gasteiger partial charge is 0.495 e. The van der Waals surface area contributed by atoms with Gasteiger partial charge in [0.25, 0.3) is 0 Å². The van der Waals surface area contributed by atoms with Crippen LogP contribution < -0.4 is 9.47 Å². The lowest BCUT2D eigenvalue weighted by atomic mass is 9.80. The SMILES string of the molecule is COc1c(C(C)(C)C)cc(-c2cc(C(C)(C)C)c(OC)c(Br)c2C)c(C)c1Br. The van der Waals surface area contributed by atoms with Crippen LogP contribution in [0.15, 0.2) is 21.1 Å². The topological polar surface area (TPSA) is 18.5 Å². The predicted octanol–water partition coefficient (Wildman–Crippen LogP) is 8.11. The summed E-state index contributed by atoms with van der Waals surface area (Å²) in [6.45, 7) is 17.6. The van der Waals surface area contributed by atoms with Crippen molar-refractivity contribution in [1.82, 2.24) is 0 Å². The quantitative estimate of drug-likeness (QED) is 0.414. The number of ether oxygens (including phenoxy) is 2. The third kappa shape index (κ3) is 4.14. The lowest BCUT2D eigenvalue weighted by Crippen LogP contribution is -2.15. The van der Waals surface area contributed by atoms with Gasteiger partial charge in [-0.1, -0.05) is 41.5 Å². The molecule has 0 saturated carbocycles. The molecule has 0 radical (unpaired) electrons.